The summed E-state index contributed by atoms with van der Waals surface area (Å²) in [6.07, 6.45) is 2.40. The van der Waals surface area contributed by atoms with Gasteiger partial charge in [-0.15, -0.1) is 0 Å². The first kappa shape index (κ1) is 24.1. The standard InChI is InChI=1S/C36H42N2/c1-33(2)21-35(5,6)31-29(33)25-16-9-11-18-27(25)37(31)23-14-13-15-24(20-23)38-28-19-12-10-17-26(28)30-32(38)36(7,8)22-34(30,3)4/h9-20,29,31H,21-22H2,1-8H3. The van der Waals surface area contributed by atoms with Gasteiger partial charge in [0.1, 0.15) is 0 Å². The molecule has 1 saturated carbocycles. The van der Waals surface area contributed by atoms with E-state index in [1.54, 1.807) is 0 Å². The molecular weight excluding hydrogens is 460 g/mol. The fraction of sp³-hybridized carbons (Fsp3) is 0.444. The van der Waals surface area contributed by atoms with Gasteiger partial charge in [0, 0.05) is 45.5 Å². The summed E-state index contributed by atoms with van der Waals surface area (Å²) in [7, 11) is 0. The van der Waals surface area contributed by atoms with E-state index >= 15 is 0 Å². The van der Waals surface area contributed by atoms with Crippen molar-refractivity contribution < 1.29 is 0 Å². The highest BCUT2D eigenvalue weighted by molar-refractivity contribution is 5.90. The zero-order valence-corrected chi connectivity index (χ0v) is 24.4. The molecule has 1 aliphatic heterocycles. The minimum atomic E-state index is 0.108. The largest absolute Gasteiger partial charge is 0.337 e. The average Bonchev–Trinajstić information content (AvgIpc) is 3.48. The van der Waals surface area contributed by atoms with Crippen molar-refractivity contribution in [2.45, 2.75) is 91.0 Å². The minimum Gasteiger partial charge on any atom is -0.337 e. The summed E-state index contributed by atoms with van der Waals surface area (Å²) in [6.45, 7) is 19.7. The number of para-hydroxylation sites is 2. The van der Waals surface area contributed by atoms with Crippen LogP contribution in [0.4, 0.5) is 11.4 Å². The van der Waals surface area contributed by atoms with Crippen molar-refractivity contribution in [1.82, 2.24) is 4.57 Å². The molecule has 0 amide bonds. The summed E-state index contributed by atoms with van der Waals surface area (Å²) in [5.41, 5.74) is 10.6. The van der Waals surface area contributed by atoms with Gasteiger partial charge in [-0.05, 0) is 70.5 Å². The van der Waals surface area contributed by atoms with E-state index in [9.17, 15) is 0 Å². The first-order chi connectivity index (χ1) is 17.8. The molecule has 2 heteroatoms. The number of hydrogen-bond acceptors (Lipinski definition) is 1. The van der Waals surface area contributed by atoms with Crippen molar-refractivity contribution in [1.29, 1.82) is 0 Å². The molecule has 0 bridgehead atoms. The second-order valence-electron chi connectivity index (χ2n) is 15.0. The lowest BCUT2D eigenvalue weighted by Crippen LogP contribution is -2.38. The monoisotopic (exact) mass is 502 g/mol. The fourth-order valence-corrected chi connectivity index (χ4v) is 9.67. The molecule has 38 heavy (non-hydrogen) atoms. The Morgan fingerprint density at radius 1 is 0.658 bits per heavy atom. The number of benzene rings is 3. The predicted octanol–water partition coefficient (Wildman–Crippen LogP) is 9.65. The lowest BCUT2D eigenvalue weighted by Gasteiger charge is -2.37. The van der Waals surface area contributed by atoms with Crippen LogP contribution < -0.4 is 4.90 Å². The summed E-state index contributed by atoms with van der Waals surface area (Å²) in [4.78, 5) is 2.69. The van der Waals surface area contributed by atoms with Crippen LogP contribution in [0.3, 0.4) is 0 Å². The first-order valence-electron chi connectivity index (χ1n) is 14.5. The molecule has 2 nitrogen and oxygen atoms in total. The molecule has 2 atom stereocenters. The zero-order valence-electron chi connectivity index (χ0n) is 24.4. The van der Waals surface area contributed by atoms with Crippen LogP contribution in [-0.2, 0) is 10.8 Å². The van der Waals surface area contributed by atoms with E-state index in [0.717, 1.165) is 0 Å². The van der Waals surface area contributed by atoms with Crippen LogP contribution in [0.15, 0.2) is 72.8 Å². The van der Waals surface area contributed by atoms with Crippen LogP contribution in [0.2, 0.25) is 0 Å². The topological polar surface area (TPSA) is 8.17 Å². The highest BCUT2D eigenvalue weighted by Gasteiger charge is 2.59. The van der Waals surface area contributed by atoms with Crippen molar-refractivity contribution in [3.05, 3.63) is 89.6 Å². The number of rotatable bonds is 2. The van der Waals surface area contributed by atoms with Gasteiger partial charge in [0.15, 0.2) is 0 Å². The Balaban J connectivity index is 1.46. The third-order valence-corrected chi connectivity index (χ3v) is 10.1. The Bertz CT molecular complexity index is 1590. The number of aromatic nitrogens is 1. The molecule has 4 aromatic rings. The zero-order chi connectivity index (χ0) is 26.8. The molecule has 2 heterocycles. The van der Waals surface area contributed by atoms with Crippen molar-refractivity contribution in [2.75, 3.05) is 4.90 Å². The van der Waals surface area contributed by atoms with E-state index in [2.05, 4.69) is 138 Å². The number of fused-ring (bicyclic) bond motifs is 6. The van der Waals surface area contributed by atoms with E-state index in [0.29, 0.717) is 12.0 Å². The second-order valence-corrected chi connectivity index (χ2v) is 15.0. The van der Waals surface area contributed by atoms with Crippen LogP contribution in [0.5, 0.6) is 0 Å². The Morgan fingerprint density at radius 3 is 2.13 bits per heavy atom. The molecule has 0 radical (unpaired) electrons. The quantitative estimate of drug-likeness (QED) is 0.265. The van der Waals surface area contributed by atoms with E-state index in [4.69, 9.17) is 0 Å². The molecule has 3 aliphatic rings. The third kappa shape index (κ3) is 3.07. The summed E-state index contributed by atoms with van der Waals surface area (Å²) < 4.78 is 2.59. The van der Waals surface area contributed by atoms with Crippen LogP contribution in [0.25, 0.3) is 16.6 Å². The molecule has 3 aromatic carbocycles. The fourth-order valence-electron chi connectivity index (χ4n) is 9.67. The number of nitrogens with zero attached hydrogens (tertiary/aromatic N) is 2. The highest BCUT2D eigenvalue weighted by atomic mass is 15.2. The van der Waals surface area contributed by atoms with Gasteiger partial charge in [0.2, 0.25) is 0 Å². The van der Waals surface area contributed by atoms with Gasteiger partial charge < -0.3 is 9.47 Å². The van der Waals surface area contributed by atoms with E-state index in [-0.39, 0.29) is 21.7 Å². The van der Waals surface area contributed by atoms with Crippen LogP contribution in [0, 0.1) is 10.8 Å². The van der Waals surface area contributed by atoms with Gasteiger partial charge >= 0.3 is 0 Å². The SMILES string of the molecule is CC1(C)CC(C)(C)c2c1c1ccccc1n2-c1cccc(N2c3ccccc3C3C2C(C)(C)CC3(C)C)c1. The number of hydrogen-bond donors (Lipinski definition) is 0. The molecule has 0 saturated heterocycles. The summed E-state index contributed by atoms with van der Waals surface area (Å²) in [5, 5.41) is 1.41. The third-order valence-electron chi connectivity index (χ3n) is 10.1. The van der Waals surface area contributed by atoms with Crippen LogP contribution in [0.1, 0.15) is 91.0 Å². The Kier molecular flexibility index (Phi) is 4.65. The molecule has 196 valence electrons. The van der Waals surface area contributed by atoms with Crippen LogP contribution >= 0.6 is 0 Å². The maximum absolute atomic E-state index is 2.69. The maximum atomic E-state index is 2.69. The van der Waals surface area contributed by atoms with Crippen molar-refractivity contribution in [3.63, 3.8) is 0 Å². The minimum absolute atomic E-state index is 0.108. The Morgan fingerprint density at radius 2 is 1.34 bits per heavy atom. The van der Waals surface area contributed by atoms with Gasteiger partial charge in [0.25, 0.3) is 0 Å². The number of anilines is 2. The second kappa shape index (κ2) is 7.34. The molecule has 2 aliphatic carbocycles. The Labute approximate surface area is 228 Å². The van der Waals surface area contributed by atoms with Gasteiger partial charge in [-0.3, -0.25) is 0 Å². The smallest absolute Gasteiger partial charge is 0.0534 e. The molecular formula is C36H42N2. The molecule has 0 spiro atoms. The Hall–Kier alpha value is -3.00. The van der Waals surface area contributed by atoms with E-state index < -0.39 is 0 Å². The molecule has 7 rings (SSSR count). The van der Waals surface area contributed by atoms with E-state index in [1.807, 2.05) is 0 Å². The van der Waals surface area contributed by atoms with Gasteiger partial charge in [-0.1, -0.05) is 97.9 Å². The maximum Gasteiger partial charge on any atom is 0.0534 e. The highest BCUT2D eigenvalue weighted by Crippen LogP contribution is 2.65. The van der Waals surface area contributed by atoms with Crippen molar-refractivity contribution >= 4 is 22.3 Å². The van der Waals surface area contributed by atoms with Gasteiger partial charge in [-0.25, -0.2) is 0 Å². The van der Waals surface area contributed by atoms with Gasteiger partial charge in [0.05, 0.1) is 5.52 Å². The lowest BCUT2D eigenvalue weighted by atomic mass is 9.77. The van der Waals surface area contributed by atoms with E-state index in [1.165, 1.54) is 57.6 Å². The average molecular weight is 503 g/mol. The summed E-state index contributed by atoms with van der Waals surface area (Å²) in [6, 6.07) is 28.1. The summed E-state index contributed by atoms with van der Waals surface area (Å²) >= 11 is 0. The normalized spacial score (nSPS) is 25.4. The molecule has 2 unspecified atom stereocenters. The van der Waals surface area contributed by atoms with Crippen molar-refractivity contribution in [3.8, 4) is 5.69 Å². The lowest BCUT2D eigenvalue weighted by molar-refractivity contribution is 0.286. The summed E-state index contributed by atoms with van der Waals surface area (Å²) in [5.74, 6) is 0.536. The first-order valence-corrected chi connectivity index (χ1v) is 14.5. The van der Waals surface area contributed by atoms with Crippen LogP contribution in [-0.4, -0.2) is 10.6 Å². The van der Waals surface area contributed by atoms with Gasteiger partial charge in [-0.2, -0.15) is 0 Å². The molecule has 1 aromatic heterocycles. The predicted molar refractivity (Wildman–Crippen MR) is 161 cm³/mol. The van der Waals surface area contributed by atoms with Crippen molar-refractivity contribution in [2.24, 2.45) is 10.8 Å². The molecule has 1 fully saturated rings. The molecule has 0 N–H and O–H groups in total.